The third-order valence-electron chi connectivity index (χ3n) is 3.29. The molecule has 1 aliphatic heterocycles. The lowest BCUT2D eigenvalue weighted by Crippen LogP contribution is -2.14. The molecule has 0 bridgehead atoms. The summed E-state index contributed by atoms with van der Waals surface area (Å²) in [6.07, 6.45) is 0.988. The largest absolute Gasteiger partial charge is 0.489 e. The maximum absolute atomic E-state index is 13.8. The molecule has 1 aliphatic rings. The average Bonchev–Trinajstić information content (AvgIpc) is 2.88. The number of hydrogen-bond acceptors (Lipinski definition) is 2. The fraction of sp³-hybridized carbons (Fsp3) is 0.250. The predicted molar refractivity (Wildman–Crippen MR) is 84.3 cm³/mol. The fourth-order valence-corrected chi connectivity index (χ4v) is 3.84. The van der Waals surface area contributed by atoms with E-state index < -0.39 is 0 Å². The predicted octanol–water partition coefficient (Wildman–Crippen LogP) is 4.82. The first-order chi connectivity index (χ1) is 9.76. The Morgan fingerprint density at radius 2 is 2.10 bits per heavy atom. The summed E-state index contributed by atoms with van der Waals surface area (Å²) in [5.41, 5.74) is 2.28. The van der Waals surface area contributed by atoms with Crippen LogP contribution >= 0.6 is 27.7 Å². The lowest BCUT2D eigenvalue weighted by Gasteiger charge is -2.12. The molecule has 0 saturated carbocycles. The zero-order valence-corrected chi connectivity index (χ0v) is 13.2. The van der Waals surface area contributed by atoms with Crippen LogP contribution < -0.4 is 4.74 Å². The Bertz CT molecular complexity index is 592. The third-order valence-corrected chi connectivity index (χ3v) is 5.22. The lowest BCUT2D eigenvalue weighted by molar-refractivity contribution is 0.301. The Morgan fingerprint density at radius 3 is 2.85 bits per heavy atom. The van der Waals surface area contributed by atoms with Crippen molar-refractivity contribution < 1.29 is 9.13 Å². The highest BCUT2D eigenvalue weighted by molar-refractivity contribution is 9.08. The lowest BCUT2D eigenvalue weighted by atomic mass is 10.1. The normalized spacial score (nSPS) is 17.0. The molecule has 0 aliphatic carbocycles. The smallest absolute Gasteiger partial charge is 0.165 e. The van der Waals surface area contributed by atoms with Crippen LogP contribution in [-0.2, 0) is 11.8 Å². The van der Waals surface area contributed by atoms with Crippen molar-refractivity contribution in [3.05, 3.63) is 59.4 Å². The van der Waals surface area contributed by atoms with Crippen LogP contribution in [0.3, 0.4) is 0 Å². The molecular formula is C16H14BrFOS. The molecule has 0 N–H and O–H groups in total. The van der Waals surface area contributed by atoms with Crippen LogP contribution in [0.5, 0.6) is 5.75 Å². The van der Waals surface area contributed by atoms with Crippen molar-refractivity contribution >= 4 is 27.7 Å². The van der Waals surface area contributed by atoms with Crippen LogP contribution in [0, 0.1) is 5.82 Å². The van der Waals surface area contributed by atoms with Crippen LogP contribution in [0.25, 0.3) is 0 Å². The van der Waals surface area contributed by atoms with Gasteiger partial charge in [0.2, 0.25) is 0 Å². The van der Waals surface area contributed by atoms with Gasteiger partial charge >= 0.3 is 0 Å². The molecule has 0 amide bonds. The average molecular weight is 353 g/mol. The van der Waals surface area contributed by atoms with Crippen molar-refractivity contribution in [2.75, 3.05) is 6.61 Å². The topological polar surface area (TPSA) is 9.23 Å². The van der Waals surface area contributed by atoms with E-state index in [0.717, 1.165) is 12.0 Å². The van der Waals surface area contributed by atoms with Gasteiger partial charge in [0.05, 0.1) is 0 Å². The molecule has 2 aromatic carbocycles. The summed E-state index contributed by atoms with van der Waals surface area (Å²) in [7, 11) is 0. The summed E-state index contributed by atoms with van der Waals surface area (Å²) in [6, 6.07) is 13.5. The van der Waals surface area contributed by atoms with Gasteiger partial charge in [-0.3, -0.25) is 0 Å². The summed E-state index contributed by atoms with van der Waals surface area (Å²) in [5, 5.41) is 1.01. The van der Waals surface area contributed by atoms with Crippen LogP contribution in [0.1, 0.15) is 11.1 Å². The highest BCUT2D eigenvalue weighted by atomic mass is 79.9. The van der Waals surface area contributed by atoms with Crippen LogP contribution in [0.15, 0.2) is 47.4 Å². The number of alkyl halides is 1. The van der Waals surface area contributed by atoms with Gasteiger partial charge in [0.25, 0.3) is 0 Å². The first-order valence-corrected chi connectivity index (χ1v) is 8.48. The van der Waals surface area contributed by atoms with Crippen molar-refractivity contribution in [3.63, 3.8) is 0 Å². The van der Waals surface area contributed by atoms with Crippen LogP contribution in [0.2, 0.25) is 0 Å². The fourth-order valence-electron chi connectivity index (χ4n) is 2.27. The van der Waals surface area contributed by atoms with Crippen molar-refractivity contribution in [2.24, 2.45) is 0 Å². The van der Waals surface area contributed by atoms with Gasteiger partial charge in [0, 0.05) is 15.5 Å². The number of hydrogen-bond donors (Lipinski definition) is 0. The number of ether oxygens (including phenoxy) is 1. The molecule has 1 nitrogen and oxygen atoms in total. The van der Waals surface area contributed by atoms with E-state index in [1.165, 1.54) is 16.5 Å². The van der Waals surface area contributed by atoms with Gasteiger partial charge in [-0.25, -0.2) is 4.39 Å². The molecule has 4 heteroatoms. The zero-order valence-electron chi connectivity index (χ0n) is 10.8. The quantitative estimate of drug-likeness (QED) is 0.729. The standard InChI is InChI=1S/C16H14BrFOS/c17-9-11-5-6-15(14(18)7-11)19-10-13-8-12-3-1-2-4-16(12)20-13/h1-7,13H,8-10H2. The Labute approximate surface area is 130 Å². The number of halogens is 2. The molecule has 104 valence electrons. The number of fused-ring (bicyclic) bond motifs is 1. The van der Waals surface area contributed by atoms with Crippen LogP contribution in [0.4, 0.5) is 4.39 Å². The van der Waals surface area contributed by atoms with Gasteiger partial charge in [-0.15, -0.1) is 11.8 Å². The molecule has 1 heterocycles. The molecular weight excluding hydrogens is 339 g/mol. The van der Waals surface area contributed by atoms with E-state index in [2.05, 4.69) is 34.1 Å². The number of thioether (sulfide) groups is 1. The maximum Gasteiger partial charge on any atom is 0.165 e. The van der Waals surface area contributed by atoms with Gasteiger partial charge in [-0.1, -0.05) is 40.2 Å². The van der Waals surface area contributed by atoms with E-state index in [4.69, 9.17) is 4.74 Å². The molecule has 0 aromatic heterocycles. The zero-order chi connectivity index (χ0) is 13.9. The molecule has 2 aromatic rings. The van der Waals surface area contributed by atoms with E-state index in [9.17, 15) is 4.39 Å². The van der Waals surface area contributed by atoms with Crippen molar-refractivity contribution in [1.82, 2.24) is 0 Å². The molecule has 0 radical (unpaired) electrons. The van der Waals surface area contributed by atoms with Gasteiger partial charge in [-0.2, -0.15) is 0 Å². The Hall–Kier alpha value is -1.00. The Kier molecular flexibility index (Phi) is 4.32. The first kappa shape index (κ1) is 14.0. The second-order valence-corrected chi connectivity index (χ2v) is 6.66. The maximum atomic E-state index is 13.8. The highest BCUT2D eigenvalue weighted by Gasteiger charge is 2.22. The molecule has 0 spiro atoms. The Morgan fingerprint density at radius 1 is 1.25 bits per heavy atom. The van der Waals surface area contributed by atoms with E-state index in [1.807, 2.05) is 23.9 Å². The second-order valence-electron chi connectivity index (χ2n) is 4.76. The summed E-state index contributed by atoms with van der Waals surface area (Å²) < 4.78 is 19.5. The molecule has 20 heavy (non-hydrogen) atoms. The van der Waals surface area contributed by atoms with Crippen molar-refractivity contribution in [2.45, 2.75) is 21.9 Å². The van der Waals surface area contributed by atoms with Gasteiger partial charge in [-0.05, 0) is 35.7 Å². The summed E-state index contributed by atoms with van der Waals surface area (Å²) in [5.74, 6) is 0.0497. The summed E-state index contributed by atoms with van der Waals surface area (Å²) in [4.78, 5) is 1.32. The number of benzene rings is 2. The van der Waals surface area contributed by atoms with Crippen molar-refractivity contribution in [1.29, 1.82) is 0 Å². The number of rotatable bonds is 4. The van der Waals surface area contributed by atoms with E-state index >= 15 is 0 Å². The molecule has 1 unspecified atom stereocenters. The highest BCUT2D eigenvalue weighted by Crippen LogP contribution is 2.37. The van der Waals surface area contributed by atoms with Gasteiger partial charge < -0.3 is 4.74 Å². The van der Waals surface area contributed by atoms with Gasteiger partial charge in [0.15, 0.2) is 11.6 Å². The molecule has 0 fully saturated rings. The van der Waals surface area contributed by atoms with Crippen molar-refractivity contribution in [3.8, 4) is 5.75 Å². The van der Waals surface area contributed by atoms with E-state index in [0.29, 0.717) is 22.9 Å². The first-order valence-electron chi connectivity index (χ1n) is 6.48. The monoisotopic (exact) mass is 352 g/mol. The van der Waals surface area contributed by atoms with Gasteiger partial charge in [0.1, 0.15) is 6.61 Å². The molecule has 1 atom stereocenters. The minimum atomic E-state index is -0.289. The SMILES string of the molecule is Fc1cc(CBr)ccc1OCC1Cc2ccccc2S1. The Balaban J connectivity index is 1.61. The van der Waals surface area contributed by atoms with E-state index in [-0.39, 0.29) is 5.82 Å². The molecule has 0 saturated heterocycles. The van der Waals surface area contributed by atoms with E-state index in [1.54, 1.807) is 6.07 Å². The minimum absolute atomic E-state index is 0.289. The third kappa shape index (κ3) is 3.01. The molecule has 3 rings (SSSR count). The summed E-state index contributed by atoms with van der Waals surface area (Å²) >= 11 is 5.13. The minimum Gasteiger partial charge on any atom is -0.489 e. The van der Waals surface area contributed by atoms with Crippen LogP contribution in [-0.4, -0.2) is 11.9 Å². The second kappa shape index (κ2) is 6.19. The summed E-state index contributed by atoms with van der Waals surface area (Å²) in [6.45, 7) is 0.532.